The fraction of sp³-hybridized carbons (Fsp3) is 0.154. The Morgan fingerprint density at radius 1 is 1.47 bits per heavy atom. The second kappa shape index (κ2) is 7.29. The summed E-state index contributed by atoms with van der Waals surface area (Å²) < 4.78 is 15.2. The van der Waals surface area contributed by atoms with Crippen LogP contribution in [-0.2, 0) is 39.3 Å². The number of hydrogen-bond acceptors (Lipinski definition) is 1. The molecular weight excluding hydrogens is 456 g/mol. The van der Waals surface area contributed by atoms with Crippen LogP contribution in [0.3, 0.4) is 0 Å². The smallest absolute Gasteiger partial charge is 0.207 e. The fourth-order valence-electron chi connectivity index (χ4n) is 1.71. The molecule has 0 spiro atoms. The molecule has 6 heteroatoms. The minimum Gasteiger partial charge on any atom is -0.342 e. The first-order valence-electron chi connectivity index (χ1n) is 5.31. The molecule has 97 valence electrons. The molecule has 0 aliphatic rings. The van der Waals surface area contributed by atoms with Gasteiger partial charge in [-0.25, -0.2) is 4.39 Å². The minimum absolute atomic E-state index is 0. The Hall–Kier alpha value is 0.224. The first-order valence-corrected chi connectivity index (χ1v) is 6.76. The van der Waals surface area contributed by atoms with Crippen molar-refractivity contribution < 1.29 is 37.1 Å². The van der Waals surface area contributed by atoms with Crippen LogP contribution in [0.1, 0.15) is 6.92 Å². The van der Waals surface area contributed by atoms with E-state index in [1.54, 1.807) is 16.7 Å². The standard InChI is InChI=1S/C13H9ClFINO.Y/c1-2-17-12(6-5-11(16)13(17)18)9-4-3-8(15)7-10(9)14;/h3-5,7H,2H2,1H3;/q-1;. The Morgan fingerprint density at radius 3 is 2.74 bits per heavy atom. The average Bonchev–Trinajstić information content (AvgIpc) is 2.33. The van der Waals surface area contributed by atoms with Crippen molar-refractivity contribution in [3.8, 4) is 11.3 Å². The van der Waals surface area contributed by atoms with E-state index in [0.29, 0.717) is 21.4 Å². The average molecular weight is 465 g/mol. The zero-order valence-electron chi connectivity index (χ0n) is 10.1. The van der Waals surface area contributed by atoms with Crippen LogP contribution in [0.4, 0.5) is 4.39 Å². The van der Waals surface area contributed by atoms with Gasteiger partial charge in [0, 0.05) is 39.3 Å². The van der Waals surface area contributed by atoms with Gasteiger partial charge in [-0.15, -0.1) is 28.7 Å². The van der Waals surface area contributed by atoms with E-state index >= 15 is 0 Å². The second-order valence-electron chi connectivity index (χ2n) is 3.66. The van der Waals surface area contributed by atoms with Gasteiger partial charge in [-0.05, 0) is 27.6 Å². The number of aromatic nitrogens is 1. The summed E-state index contributed by atoms with van der Waals surface area (Å²) in [5.41, 5.74) is 1.09. The predicted octanol–water partition coefficient (Wildman–Crippen LogP) is 3.73. The molecule has 1 aromatic carbocycles. The van der Waals surface area contributed by atoms with Gasteiger partial charge >= 0.3 is 0 Å². The molecular formula is C13H9ClFINOY-. The van der Waals surface area contributed by atoms with Gasteiger partial charge in [-0.1, -0.05) is 22.9 Å². The maximum Gasteiger partial charge on any atom is 0.207 e. The zero-order valence-corrected chi connectivity index (χ0v) is 15.8. The predicted molar refractivity (Wildman–Crippen MR) is 78.3 cm³/mol. The van der Waals surface area contributed by atoms with E-state index in [2.05, 4.69) is 6.07 Å². The topological polar surface area (TPSA) is 22.0 Å². The van der Waals surface area contributed by atoms with Crippen molar-refractivity contribution in [3.05, 3.63) is 55.1 Å². The first kappa shape index (κ1) is 17.3. The van der Waals surface area contributed by atoms with Gasteiger partial charge in [0.2, 0.25) is 5.56 Å². The molecule has 2 aromatic rings. The van der Waals surface area contributed by atoms with Gasteiger partial charge in [-0.2, -0.15) is 12.1 Å². The Balaban J connectivity index is 0.00000180. The van der Waals surface area contributed by atoms with E-state index in [0.717, 1.165) is 0 Å². The Bertz CT molecular complexity index is 660. The van der Waals surface area contributed by atoms with Crippen molar-refractivity contribution in [1.82, 2.24) is 4.57 Å². The summed E-state index contributed by atoms with van der Waals surface area (Å²) >= 11 is 7.97. The molecule has 0 bridgehead atoms. The molecule has 0 saturated heterocycles. The molecule has 1 radical (unpaired) electrons. The maximum atomic E-state index is 13.0. The molecule has 1 aromatic heterocycles. The van der Waals surface area contributed by atoms with Crippen molar-refractivity contribution in [2.75, 3.05) is 0 Å². The van der Waals surface area contributed by atoms with Crippen LogP contribution < -0.4 is 5.56 Å². The van der Waals surface area contributed by atoms with Crippen LogP contribution in [0.25, 0.3) is 11.3 Å². The summed E-state index contributed by atoms with van der Waals surface area (Å²) in [4.78, 5) is 12.0. The van der Waals surface area contributed by atoms with Gasteiger partial charge in [0.1, 0.15) is 5.82 Å². The molecule has 0 aliphatic heterocycles. The number of benzene rings is 1. The van der Waals surface area contributed by atoms with Crippen LogP contribution in [0.5, 0.6) is 0 Å². The van der Waals surface area contributed by atoms with Gasteiger partial charge in [0.05, 0.1) is 0 Å². The summed E-state index contributed by atoms with van der Waals surface area (Å²) in [5, 5.41) is 0.272. The zero-order chi connectivity index (χ0) is 13.3. The second-order valence-corrected chi connectivity index (χ2v) is 5.23. The molecule has 0 N–H and O–H groups in total. The van der Waals surface area contributed by atoms with E-state index in [-0.39, 0.29) is 43.3 Å². The Morgan fingerprint density at radius 2 is 2.16 bits per heavy atom. The largest absolute Gasteiger partial charge is 0.342 e. The van der Waals surface area contributed by atoms with Crippen LogP contribution in [0.15, 0.2) is 29.1 Å². The molecule has 0 saturated carbocycles. The van der Waals surface area contributed by atoms with E-state index in [1.165, 1.54) is 12.1 Å². The van der Waals surface area contributed by atoms with Gasteiger partial charge in [-0.3, -0.25) is 4.79 Å². The summed E-state index contributed by atoms with van der Waals surface area (Å²) in [6.07, 6.45) is 0. The van der Waals surface area contributed by atoms with Crippen molar-refractivity contribution in [1.29, 1.82) is 0 Å². The molecule has 0 atom stereocenters. The number of rotatable bonds is 2. The Labute approximate surface area is 154 Å². The number of hydrogen-bond donors (Lipinski definition) is 0. The number of pyridine rings is 1. The molecule has 0 aliphatic carbocycles. The van der Waals surface area contributed by atoms with Crippen LogP contribution >= 0.6 is 34.2 Å². The monoisotopic (exact) mass is 465 g/mol. The summed E-state index contributed by atoms with van der Waals surface area (Å²) in [5.74, 6) is -0.403. The minimum atomic E-state index is -0.403. The Kier molecular flexibility index (Phi) is 6.63. The van der Waals surface area contributed by atoms with E-state index in [4.69, 9.17) is 11.6 Å². The van der Waals surface area contributed by atoms with Gasteiger partial charge < -0.3 is 4.57 Å². The first-order chi connectivity index (χ1) is 8.54. The third-order valence-corrected chi connectivity index (χ3v) is 3.64. The third kappa shape index (κ3) is 3.66. The van der Waals surface area contributed by atoms with Crippen LogP contribution in [0, 0.1) is 15.5 Å². The molecule has 2 rings (SSSR count). The van der Waals surface area contributed by atoms with Crippen molar-refractivity contribution in [3.63, 3.8) is 0 Å². The van der Waals surface area contributed by atoms with Crippen LogP contribution in [0.2, 0.25) is 5.02 Å². The van der Waals surface area contributed by atoms with Crippen molar-refractivity contribution in [2.45, 2.75) is 13.5 Å². The number of halogens is 3. The normalized spacial score (nSPS) is 10.1. The summed E-state index contributed by atoms with van der Waals surface area (Å²) in [6, 6.07) is 8.74. The van der Waals surface area contributed by atoms with Crippen molar-refractivity contribution in [2.24, 2.45) is 0 Å². The van der Waals surface area contributed by atoms with E-state index in [9.17, 15) is 9.18 Å². The van der Waals surface area contributed by atoms with Crippen LogP contribution in [-0.4, -0.2) is 4.57 Å². The third-order valence-electron chi connectivity index (χ3n) is 2.56. The SMILES string of the molecule is CCn1c(-c2ccc(F)cc2Cl)[c-]cc(I)c1=O.[Y]. The van der Waals surface area contributed by atoms with E-state index in [1.807, 2.05) is 29.5 Å². The molecule has 0 unspecified atom stereocenters. The summed E-state index contributed by atoms with van der Waals surface area (Å²) in [7, 11) is 0. The maximum absolute atomic E-state index is 13.0. The van der Waals surface area contributed by atoms with Crippen molar-refractivity contribution >= 4 is 34.2 Å². The van der Waals surface area contributed by atoms with E-state index < -0.39 is 5.82 Å². The molecule has 1 heterocycles. The molecule has 0 amide bonds. The molecule has 2 nitrogen and oxygen atoms in total. The van der Waals surface area contributed by atoms with Gasteiger partial charge in [0.15, 0.2) is 0 Å². The quantitative estimate of drug-likeness (QED) is 0.490. The fourth-order valence-corrected chi connectivity index (χ4v) is 2.41. The molecule has 19 heavy (non-hydrogen) atoms. The molecule has 0 fully saturated rings. The number of nitrogens with zero attached hydrogens (tertiary/aromatic N) is 1. The van der Waals surface area contributed by atoms with Gasteiger partial charge in [0.25, 0.3) is 0 Å². The summed E-state index contributed by atoms with van der Waals surface area (Å²) in [6.45, 7) is 2.38.